The van der Waals surface area contributed by atoms with Crippen LogP contribution in [0.4, 0.5) is 5.69 Å². The van der Waals surface area contributed by atoms with E-state index in [0.717, 1.165) is 11.1 Å². The van der Waals surface area contributed by atoms with E-state index in [2.05, 4.69) is 5.32 Å². The maximum atomic E-state index is 12.7. The maximum Gasteiger partial charge on any atom is 0.266 e. The molecule has 2 N–H and O–H groups in total. The number of methoxy groups -OCH3 is 1. The number of hydrogen-bond donors (Lipinski definition) is 2. The van der Waals surface area contributed by atoms with Crippen LogP contribution >= 0.6 is 0 Å². The first-order valence-electron chi connectivity index (χ1n) is 9.82. The van der Waals surface area contributed by atoms with Gasteiger partial charge in [0, 0.05) is 16.8 Å². The monoisotopic (exact) mass is 406 g/mol. The molecule has 5 nitrogen and oxygen atoms in total. The Morgan fingerprint density at radius 1 is 1.03 bits per heavy atom. The van der Waals surface area contributed by atoms with Gasteiger partial charge >= 0.3 is 0 Å². The zero-order valence-electron chi connectivity index (χ0n) is 18.8. The van der Waals surface area contributed by atoms with Gasteiger partial charge in [-0.05, 0) is 58.9 Å². The number of nitrogens with one attached hydrogen (secondary N) is 1. The van der Waals surface area contributed by atoms with Crippen LogP contribution in [0.5, 0.6) is 11.5 Å². The minimum absolute atomic E-state index is 0.0174. The first-order valence-corrected chi connectivity index (χ1v) is 9.82. The highest BCUT2D eigenvalue weighted by molar-refractivity contribution is 6.09. The molecule has 2 aromatic carbocycles. The first-order chi connectivity index (χ1) is 13.9. The van der Waals surface area contributed by atoms with Gasteiger partial charge in [0.05, 0.1) is 7.11 Å². The van der Waals surface area contributed by atoms with Gasteiger partial charge in [-0.2, -0.15) is 5.26 Å². The Hall–Kier alpha value is -3.26. The van der Waals surface area contributed by atoms with Gasteiger partial charge < -0.3 is 15.2 Å². The molecule has 0 saturated heterocycles. The molecule has 0 aliphatic carbocycles. The second kappa shape index (κ2) is 8.62. The Kier molecular flexibility index (Phi) is 6.62. The zero-order valence-corrected chi connectivity index (χ0v) is 18.8. The zero-order chi connectivity index (χ0) is 22.7. The van der Waals surface area contributed by atoms with E-state index in [-0.39, 0.29) is 22.2 Å². The van der Waals surface area contributed by atoms with E-state index in [0.29, 0.717) is 17.0 Å². The number of phenolic OH excluding ortho intramolecular Hbond substituents is 1. The topological polar surface area (TPSA) is 82.3 Å². The lowest BCUT2D eigenvalue weighted by Gasteiger charge is -2.28. The second-order valence-corrected chi connectivity index (χ2v) is 9.32. The molecule has 5 heteroatoms. The van der Waals surface area contributed by atoms with Gasteiger partial charge in [0.2, 0.25) is 0 Å². The van der Waals surface area contributed by atoms with Crippen LogP contribution in [0.25, 0.3) is 6.08 Å². The molecule has 30 heavy (non-hydrogen) atoms. The molecule has 0 aromatic heterocycles. The third kappa shape index (κ3) is 5.42. The maximum absolute atomic E-state index is 12.7. The predicted molar refractivity (Wildman–Crippen MR) is 121 cm³/mol. The summed E-state index contributed by atoms with van der Waals surface area (Å²) in [6.45, 7) is 12.1. The third-order valence-corrected chi connectivity index (χ3v) is 4.77. The number of phenols is 1. The van der Waals surface area contributed by atoms with E-state index in [1.165, 1.54) is 0 Å². The second-order valence-electron chi connectivity index (χ2n) is 9.32. The number of carbonyl (C=O) groups excluding carboxylic acids is 1. The molecule has 0 atom stereocenters. The Bertz CT molecular complexity index is 964. The van der Waals surface area contributed by atoms with Crippen molar-refractivity contribution in [3.05, 3.63) is 58.7 Å². The fourth-order valence-corrected chi connectivity index (χ4v) is 3.07. The molecule has 0 spiro atoms. The SMILES string of the molecule is COc1ccc(NC(=O)/C(C#N)=C\c2cc(C(C)(C)C)c(O)c(C(C)(C)C)c2)cc1. The first kappa shape index (κ1) is 23.0. The average Bonchev–Trinajstić information content (AvgIpc) is 2.65. The summed E-state index contributed by atoms with van der Waals surface area (Å²) in [5, 5.41) is 23.2. The minimum Gasteiger partial charge on any atom is -0.507 e. The lowest BCUT2D eigenvalue weighted by molar-refractivity contribution is -0.112. The van der Waals surface area contributed by atoms with E-state index < -0.39 is 5.91 Å². The van der Waals surface area contributed by atoms with Crippen LogP contribution in [0.2, 0.25) is 0 Å². The van der Waals surface area contributed by atoms with Gasteiger partial charge in [-0.1, -0.05) is 41.5 Å². The number of aromatic hydroxyl groups is 1. The number of amides is 1. The van der Waals surface area contributed by atoms with E-state index in [4.69, 9.17) is 4.74 Å². The van der Waals surface area contributed by atoms with E-state index >= 15 is 0 Å². The lowest BCUT2D eigenvalue weighted by Crippen LogP contribution is -2.18. The summed E-state index contributed by atoms with van der Waals surface area (Å²) in [7, 11) is 1.57. The number of rotatable bonds is 4. The molecule has 1 amide bonds. The molecule has 0 saturated carbocycles. The summed E-state index contributed by atoms with van der Waals surface area (Å²) in [4.78, 5) is 12.7. The van der Waals surface area contributed by atoms with E-state index in [1.807, 2.05) is 59.7 Å². The smallest absolute Gasteiger partial charge is 0.266 e. The predicted octanol–water partition coefficient (Wildman–Crippen LogP) is 5.54. The lowest BCUT2D eigenvalue weighted by atomic mass is 9.78. The molecule has 0 fully saturated rings. The van der Waals surface area contributed by atoms with Crippen LogP contribution in [0.15, 0.2) is 42.0 Å². The fraction of sp³-hybridized carbons (Fsp3) is 0.360. The molecule has 2 aromatic rings. The number of hydrogen-bond acceptors (Lipinski definition) is 4. The van der Waals surface area contributed by atoms with Crippen LogP contribution in [0.1, 0.15) is 58.2 Å². The van der Waals surface area contributed by atoms with Crippen molar-refractivity contribution in [3.63, 3.8) is 0 Å². The summed E-state index contributed by atoms with van der Waals surface area (Å²) >= 11 is 0. The largest absolute Gasteiger partial charge is 0.507 e. The van der Waals surface area contributed by atoms with Gasteiger partial charge in [0.15, 0.2) is 0 Å². The summed E-state index contributed by atoms with van der Waals surface area (Å²) in [5.74, 6) is 0.441. The molecule has 158 valence electrons. The molecule has 0 radical (unpaired) electrons. The number of nitrogens with zero attached hydrogens (tertiary/aromatic N) is 1. The number of carbonyl (C=O) groups is 1. The van der Waals surface area contributed by atoms with E-state index in [1.54, 1.807) is 37.5 Å². The number of anilines is 1. The number of ether oxygens (including phenoxy) is 1. The van der Waals surface area contributed by atoms with Crippen molar-refractivity contribution in [2.75, 3.05) is 12.4 Å². The minimum atomic E-state index is -0.495. The number of nitriles is 1. The molecule has 0 aliphatic heterocycles. The highest BCUT2D eigenvalue weighted by Crippen LogP contribution is 2.40. The molecular formula is C25H30N2O3. The fourth-order valence-electron chi connectivity index (χ4n) is 3.07. The van der Waals surface area contributed by atoms with Crippen molar-refractivity contribution in [3.8, 4) is 17.6 Å². The Labute approximate surface area is 179 Å². The van der Waals surface area contributed by atoms with Crippen LogP contribution in [0, 0.1) is 11.3 Å². The van der Waals surface area contributed by atoms with Crippen molar-refractivity contribution in [2.24, 2.45) is 0 Å². The Balaban J connectivity index is 2.47. The molecule has 0 aliphatic rings. The van der Waals surface area contributed by atoms with Crippen molar-refractivity contribution in [2.45, 2.75) is 52.4 Å². The van der Waals surface area contributed by atoms with Crippen LogP contribution < -0.4 is 10.1 Å². The van der Waals surface area contributed by atoms with Crippen LogP contribution in [0.3, 0.4) is 0 Å². The van der Waals surface area contributed by atoms with Crippen molar-refractivity contribution in [1.29, 1.82) is 5.26 Å². The normalized spacial score (nSPS) is 12.3. The van der Waals surface area contributed by atoms with E-state index in [9.17, 15) is 15.2 Å². The summed E-state index contributed by atoms with van der Waals surface area (Å²) < 4.78 is 5.11. The molecule has 0 bridgehead atoms. The molecular weight excluding hydrogens is 376 g/mol. The molecule has 0 unspecified atom stereocenters. The van der Waals surface area contributed by atoms with Crippen molar-refractivity contribution < 1.29 is 14.6 Å². The van der Waals surface area contributed by atoms with Gasteiger partial charge in [-0.3, -0.25) is 4.79 Å². The molecule has 0 heterocycles. The third-order valence-electron chi connectivity index (χ3n) is 4.77. The standard InChI is InChI=1S/C25H30N2O3/c1-24(2,3)20-13-16(14-21(22(20)28)25(4,5)6)12-17(15-26)23(29)27-18-8-10-19(30-7)11-9-18/h8-14,28H,1-7H3,(H,27,29)/b17-12-. The Morgan fingerprint density at radius 2 is 1.53 bits per heavy atom. The Morgan fingerprint density at radius 3 is 1.93 bits per heavy atom. The van der Waals surface area contributed by atoms with Gasteiger partial charge in [0.25, 0.3) is 5.91 Å². The summed E-state index contributed by atoms with van der Waals surface area (Å²) in [5.41, 5.74) is 2.19. The highest BCUT2D eigenvalue weighted by Gasteiger charge is 2.26. The van der Waals surface area contributed by atoms with Crippen LogP contribution in [-0.2, 0) is 15.6 Å². The highest BCUT2D eigenvalue weighted by atomic mass is 16.5. The quantitative estimate of drug-likeness (QED) is 0.516. The van der Waals surface area contributed by atoms with Gasteiger partial charge in [-0.15, -0.1) is 0 Å². The van der Waals surface area contributed by atoms with Crippen molar-refractivity contribution in [1.82, 2.24) is 0 Å². The van der Waals surface area contributed by atoms with Crippen LogP contribution in [-0.4, -0.2) is 18.1 Å². The van der Waals surface area contributed by atoms with Gasteiger partial charge in [0.1, 0.15) is 23.1 Å². The summed E-state index contributed by atoms with van der Waals surface area (Å²) in [6, 6.07) is 12.5. The number of benzene rings is 2. The summed E-state index contributed by atoms with van der Waals surface area (Å²) in [6.07, 6.45) is 1.56. The molecule has 2 rings (SSSR count). The van der Waals surface area contributed by atoms with Crippen molar-refractivity contribution >= 4 is 17.7 Å². The van der Waals surface area contributed by atoms with Gasteiger partial charge in [-0.25, -0.2) is 0 Å². The average molecular weight is 407 g/mol.